The molecule has 1 aliphatic heterocycles. The van der Waals surface area contributed by atoms with Gasteiger partial charge in [-0.3, -0.25) is 14.9 Å². The second-order valence-electron chi connectivity index (χ2n) is 6.16. The number of hydrogen-bond donors (Lipinski definition) is 0. The maximum absolute atomic E-state index is 12.6. The Morgan fingerprint density at radius 3 is 2.73 bits per heavy atom. The van der Waals surface area contributed by atoms with Crippen molar-refractivity contribution in [3.8, 4) is 5.75 Å². The average molecular weight is 405 g/mol. The summed E-state index contributed by atoms with van der Waals surface area (Å²) in [5, 5.41) is 10.8. The minimum absolute atomic E-state index is 0.0270. The highest BCUT2D eigenvalue weighted by Crippen LogP contribution is 2.29. The zero-order valence-electron chi connectivity index (χ0n) is 14.4. The maximum Gasteiger partial charge on any atom is 0.271 e. The van der Waals surface area contributed by atoms with Crippen molar-refractivity contribution in [2.75, 3.05) is 24.7 Å². The number of ether oxygens (including phenoxy) is 1. The van der Waals surface area contributed by atoms with E-state index in [-0.39, 0.29) is 46.5 Å². The zero-order valence-corrected chi connectivity index (χ0v) is 16.0. The Kier molecular flexibility index (Phi) is 6.82. The number of nitrogens with zero attached hydrogens (tertiary/aromatic N) is 2. The van der Waals surface area contributed by atoms with Crippen LogP contribution < -0.4 is 4.74 Å². The van der Waals surface area contributed by atoms with Gasteiger partial charge in [-0.05, 0) is 18.9 Å². The van der Waals surface area contributed by atoms with Crippen LogP contribution in [0, 0.1) is 10.1 Å². The van der Waals surface area contributed by atoms with E-state index in [4.69, 9.17) is 16.3 Å². The highest BCUT2D eigenvalue weighted by Gasteiger charge is 2.34. The van der Waals surface area contributed by atoms with E-state index in [0.29, 0.717) is 13.0 Å². The van der Waals surface area contributed by atoms with Crippen molar-refractivity contribution in [2.45, 2.75) is 32.2 Å². The summed E-state index contributed by atoms with van der Waals surface area (Å²) in [6, 6.07) is 3.39. The molecule has 1 amide bonds. The molecule has 0 aliphatic carbocycles. The number of nitro benzene ring substituents is 1. The third kappa shape index (κ3) is 5.31. The van der Waals surface area contributed by atoms with Gasteiger partial charge < -0.3 is 9.64 Å². The smallest absolute Gasteiger partial charge is 0.271 e. The summed E-state index contributed by atoms with van der Waals surface area (Å²) < 4.78 is 28.8. The topological polar surface area (TPSA) is 107 Å². The molecule has 1 atom stereocenters. The molecule has 10 heteroatoms. The number of rotatable bonds is 8. The Bertz CT molecular complexity index is 783. The van der Waals surface area contributed by atoms with Crippen LogP contribution in [0.25, 0.3) is 0 Å². The summed E-state index contributed by atoms with van der Waals surface area (Å²) in [7, 11) is -3.11. The SMILES string of the molecule is CCCCN(C(=O)COc1ccc([N+](=O)[O-])cc1Cl)[C@@H]1CCS(=O)(=O)C1. The van der Waals surface area contributed by atoms with Gasteiger partial charge >= 0.3 is 0 Å². The predicted octanol–water partition coefficient (Wildman–Crippen LogP) is 2.44. The molecule has 1 saturated heterocycles. The zero-order chi connectivity index (χ0) is 19.3. The Balaban J connectivity index is 2.04. The van der Waals surface area contributed by atoms with Crippen molar-refractivity contribution in [3.05, 3.63) is 33.3 Å². The molecule has 1 aromatic rings. The van der Waals surface area contributed by atoms with Crippen LogP contribution in [0.2, 0.25) is 5.02 Å². The average Bonchev–Trinajstić information content (AvgIpc) is 2.93. The fourth-order valence-electron chi connectivity index (χ4n) is 2.80. The maximum atomic E-state index is 12.6. The molecule has 1 heterocycles. The van der Waals surface area contributed by atoms with Crippen LogP contribution in [0.3, 0.4) is 0 Å². The van der Waals surface area contributed by atoms with Crippen LogP contribution in [0.15, 0.2) is 18.2 Å². The highest BCUT2D eigenvalue weighted by atomic mass is 35.5. The molecule has 144 valence electrons. The van der Waals surface area contributed by atoms with Gasteiger partial charge in [0.25, 0.3) is 11.6 Å². The molecule has 0 N–H and O–H groups in total. The van der Waals surface area contributed by atoms with Crippen LogP contribution in [0.1, 0.15) is 26.2 Å². The van der Waals surface area contributed by atoms with E-state index in [1.165, 1.54) is 12.1 Å². The van der Waals surface area contributed by atoms with Gasteiger partial charge in [0.15, 0.2) is 16.4 Å². The van der Waals surface area contributed by atoms with Crippen LogP contribution in [-0.2, 0) is 14.6 Å². The van der Waals surface area contributed by atoms with E-state index in [2.05, 4.69) is 0 Å². The van der Waals surface area contributed by atoms with E-state index in [9.17, 15) is 23.3 Å². The molecule has 1 aliphatic rings. The van der Waals surface area contributed by atoms with Gasteiger partial charge in [-0.15, -0.1) is 0 Å². The van der Waals surface area contributed by atoms with Crippen molar-refractivity contribution < 1.29 is 22.9 Å². The standard InChI is InChI=1S/C16H21ClN2O6S/c1-2-3-7-18(13-6-8-26(23,24)11-13)16(20)10-25-15-5-4-12(19(21)22)9-14(15)17/h4-5,9,13H,2-3,6-8,10-11H2,1H3/t13-/m1/s1. The summed E-state index contributed by atoms with van der Waals surface area (Å²) >= 11 is 5.95. The van der Waals surface area contributed by atoms with Crippen molar-refractivity contribution in [2.24, 2.45) is 0 Å². The molecule has 0 unspecified atom stereocenters. The van der Waals surface area contributed by atoms with Gasteiger partial charge in [-0.2, -0.15) is 0 Å². The van der Waals surface area contributed by atoms with Gasteiger partial charge in [0.1, 0.15) is 5.75 Å². The third-order valence-electron chi connectivity index (χ3n) is 4.20. The number of benzene rings is 1. The van der Waals surface area contributed by atoms with E-state index < -0.39 is 14.8 Å². The molecule has 0 saturated carbocycles. The number of hydrogen-bond acceptors (Lipinski definition) is 6. The summed E-state index contributed by atoms with van der Waals surface area (Å²) in [5.74, 6) is -0.0985. The van der Waals surface area contributed by atoms with E-state index in [1.807, 2.05) is 6.92 Å². The number of carbonyl (C=O) groups excluding carboxylic acids is 1. The lowest BCUT2D eigenvalue weighted by atomic mass is 10.2. The van der Waals surface area contributed by atoms with Crippen molar-refractivity contribution in [1.82, 2.24) is 4.90 Å². The van der Waals surface area contributed by atoms with Crippen LogP contribution in [0.5, 0.6) is 5.75 Å². The molecule has 2 rings (SSSR count). The van der Waals surface area contributed by atoms with E-state index in [1.54, 1.807) is 4.90 Å². The fourth-order valence-corrected chi connectivity index (χ4v) is 4.76. The minimum Gasteiger partial charge on any atom is -0.482 e. The first-order chi connectivity index (χ1) is 12.2. The molecule has 8 nitrogen and oxygen atoms in total. The first kappa shape index (κ1) is 20.4. The van der Waals surface area contributed by atoms with Crippen LogP contribution >= 0.6 is 11.6 Å². The number of sulfone groups is 1. The Hall–Kier alpha value is -1.87. The number of nitro groups is 1. The molecule has 0 spiro atoms. The Morgan fingerprint density at radius 2 is 2.19 bits per heavy atom. The summed E-state index contributed by atoms with van der Waals surface area (Å²) in [4.78, 5) is 24.3. The number of non-ortho nitro benzene ring substituents is 1. The quantitative estimate of drug-likeness (QED) is 0.486. The largest absolute Gasteiger partial charge is 0.482 e. The van der Waals surface area contributed by atoms with Gasteiger partial charge in [0, 0.05) is 24.7 Å². The number of amides is 1. The minimum atomic E-state index is -3.11. The second kappa shape index (κ2) is 8.68. The lowest BCUT2D eigenvalue weighted by Crippen LogP contribution is -2.44. The molecule has 1 fully saturated rings. The molecule has 1 aromatic carbocycles. The summed E-state index contributed by atoms with van der Waals surface area (Å²) in [6.07, 6.45) is 2.06. The monoisotopic (exact) mass is 404 g/mol. The van der Waals surface area contributed by atoms with E-state index >= 15 is 0 Å². The van der Waals surface area contributed by atoms with Gasteiger partial charge in [-0.25, -0.2) is 8.42 Å². The number of carbonyl (C=O) groups is 1. The van der Waals surface area contributed by atoms with Gasteiger partial charge in [-0.1, -0.05) is 24.9 Å². The first-order valence-corrected chi connectivity index (χ1v) is 10.5. The second-order valence-corrected chi connectivity index (χ2v) is 8.79. The van der Waals surface area contributed by atoms with E-state index in [0.717, 1.165) is 18.9 Å². The summed E-state index contributed by atoms with van der Waals surface area (Å²) in [6.45, 7) is 2.14. The predicted molar refractivity (Wildman–Crippen MR) is 97.3 cm³/mol. The number of unbranched alkanes of at least 4 members (excludes halogenated alkanes) is 1. The molecular formula is C16H21ClN2O6S. The Labute approximate surface area is 157 Å². The summed E-state index contributed by atoms with van der Waals surface area (Å²) in [5.41, 5.74) is -0.172. The van der Waals surface area contributed by atoms with Crippen LogP contribution in [-0.4, -0.2) is 54.8 Å². The normalized spacial score (nSPS) is 18.5. The Morgan fingerprint density at radius 1 is 1.46 bits per heavy atom. The number of halogens is 1. The van der Waals surface area contributed by atoms with Crippen LogP contribution in [0.4, 0.5) is 5.69 Å². The molecular weight excluding hydrogens is 384 g/mol. The first-order valence-electron chi connectivity index (χ1n) is 8.30. The van der Waals surface area contributed by atoms with Crippen molar-refractivity contribution in [1.29, 1.82) is 0 Å². The van der Waals surface area contributed by atoms with Crippen molar-refractivity contribution >= 4 is 33.0 Å². The highest BCUT2D eigenvalue weighted by molar-refractivity contribution is 7.91. The molecule has 0 radical (unpaired) electrons. The molecule has 0 aromatic heterocycles. The molecule has 0 bridgehead atoms. The molecule has 26 heavy (non-hydrogen) atoms. The fraction of sp³-hybridized carbons (Fsp3) is 0.562. The third-order valence-corrected chi connectivity index (χ3v) is 6.25. The lowest BCUT2D eigenvalue weighted by molar-refractivity contribution is -0.384. The van der Waals surface area contributed by atoms with Crippen molar-refractivity contribution in [3.63, 3.8) is 0 Å². The van der Waals surface area contributed by atoms with Gasteiger partial charge in [0.2, 0.25) is 0 Å². The lowest BCUT2D eigenvalue weighted by Gasteiger charge is -2.28. The van der Waals surface area contributed by atoms with Gasteiger partial charge in [0.05, 0.1) is 21.5 Å².